The van der Waals surface area contributed by atoms with E-state index in [-0.39, 0.29) is 30.2 Å². The van der Waals surface area contributed by atoms with E-state index in [9.17, 15) is 27.9 Å². The van der Waals surface area contributed by atoms with Gasteiger partial charge in [-0.2, -0.15) is 13.2 Å². The van der Waals surface area contributed by atoms with Crippen LogP contribution in [-0.2, 0) is 21.4 Å². The number of anilines is 1. The molecule has 1 unspecified atom stereocenters. The van der Waals surface area contributed by atoms with Crippen molar-refractivity contribution in [3.05, 3.63) is 53.7 Å². The highest BCUT2D eigenvalue weighted by atomic mass is 19.4. The number of amides is 1. The van der Waals surface area contributed by atoms with E-state index in [1.165, 1.54) is 12.1 Å². The average Bonchev–Trinajstić information content (AvgIpc) is 3.40. The number of methoxy groups -OCH3 is 1. The second kappa shape index (κ2) is 10.3. The molecule has 38 heavy (non-hydrogen) atoms. The number of Topliss-reactive ketones (excluding diaryl/α,β-unsaturated/α-hetero) is 1. The van der Waals surface area contributed by atoms with Crippen LogP contribution in [0.2, 0.25) is 0 Å². The van der Waals surface area contributed by atoms with Gasteiger partial charge in [-0.1, -0.05) is 6.07 Å². The van der Waals surface area contributed by atoms with Gasteiger partial charge in [0.05, 0.1) is 18.3 Å². The Morgan fingerprint density at radius 2 is 1.84 bits per heavy atom. The molecule has 0 spiro atoms. The van der Waals surface area contributed by atoms with Crippen LogP contribution in [0.1, 0.15) is 49.7 Å². The van der Waals surface area contributed by atoms with E-state index in [4.69, 9.17) is 4.74 Å². The molecule has 10 heteroatoms. The normalized spacial score (nSPS) is 29.0. The number of ketones is 1. The second-order valence-electron chi connectivity index (χ2n) is 10.8. The second-order valence-corrected chi connectivity index (χ2v) is 10.8. The lowest BCUT2D eigenvalue weighted by Gasteiger charge is -2.40. The van der Waals surface area contributed by atoms with Crippen LogP contribution in [0.15, 0.2) is 42.6 Å². The lowest BCUT2D eigenvalue weighted by molar-refractivity contribution is -0.137. The number of carbonyl (C=O) groups is 2. The molecule has 1 aromatic heterocycles. The number of halogens is 3. The summed E-state index contributed by atoms with van der Waals surface area (Å²) in [5.74, 6) is 0.693. The van der Waals surface area contributed by atoms with E-state index in [2.05, 4.69) is 15.2 Å². The molecule has 0 radical (unpaired) electrons. The average molecular weight is 532 g/mol. The third-order valence-corrected chi connectivity index (χ3v) is 8.45. The number of nitrogens with zero attached hydrogens (tertiary/aromatic N) is 2. The molecule has 1 amide bonds. The van der Waals surface area contributed by atoms with Crippen molar-refractivity contribution in [3.63, 3.8) is 0 Å². The lowest BCUT2D eigenvalue weighted by atomic mass is 9.78. The van der Waals surface area contributed by atoms with Crippen LogP contribution in [-0.4, -0.2) is 52.9 Å². The quantitative estimate of drug-likeness (QED) is 0.525. The number of carbonyl (C=O) groups excluding carboxylic acids is 2. The minimum absolute atomic E-state index is 0.0292. The number of piperidine rings is 1. The molecule has 2 aliphatic carbocycles. The van der Waals surface area contributed by atoms with Crippen LogP contribution in [0.3, 0.4) is 0 Å². The number of likely N-dealkylation sites (tertiary alicyclic amines) is 1. The number of rotatable bonds is 8. The van der Waals surface area contributed by atoms with Crippen molar-refractivity contribution in [2.45, 2.75) is 56.3 Å². The first-order chi connectivity index (χ1) is 18.1. The highest BCUT2D eigenvalue weighted by Gasteiger charge is 2.59. The summed E-state index contributed by atoms with van der Waals surface area (Å²) in [6.45, 7) is 1.70. The summed E-state index contributed by atoms with van der Waals surface area (Å²) in [5, 5.41) is 13.6. The molecule has 2 N–H and O–H groups in total. The Morgan fingerprint density at radius 1 is 1.13 bits per heavy atom. The number of aromatic nitrogens is 1. The standard InChI is InChI=1S/C28H32F3N3O4/c1-38-25-8-5-18(14-32-25)27(37)11-9-20(10-12-27)34-15-21-22(16-34)26(21)23(35)6-7-24(36)33-19-4-2-3-17(13-19)28(29,30)31/h2-5,8,13-14,20-22,26,37H,6-7,9-12,15-16H2,1H3,(H,33,36)/t20?,21-,22+,26?,27?. The van der Waals surface area contributed by atoms with Gasteiger partial charge in [0.25, 0.3) is 0 Å². The zero-order chi connectivity index (χ0) is 27.1. The van der Waals surface area contributed by atoms with E-state index in [1.807, 2.05) is 6.07 Å². The number of pyridine rings is 1. The van der Waals surface area contributed by atoms with Gasteiger partial charge in [-0.3, -0.25) is 14.5 Å². The Labute approximate surface area is 219 Å². The first-order valence-electron chi connectivity index (χ1n) is 13.0. The molecule has 204 valence electrons. The Balaban J connectivity index is 1.05. The SMILES string of the molecule is COc1ccc(C2(O)CCC(N3C[C@@H]4C(C(=O)CCC(=O)Nc5cccc(C(F)(F)F)c5)[C@@H]4C3)CC2)cn1. The van der Waals surface area contributed by atoms with Crippen LogP contribution in [0.25, 0.3) is 0 Å². The van der Waals surface area contributed by atoms with Crippen LogP contribution >= 0.6 is 0 Å². The van der Waals surface area contributed by atoms with Gasteiger partial charge in [-0.05, 0) is 61.8 Å². The van der Waals surface area contributed by atoms with Gasteiger partial charge >= 0.3 is 6.18 Å². The highest BCUT2D eigenvalue weighted by molar-refractivity contribution is 5.94. The molecule has 3 atom stereocenters. The summed E-state index contributed by atoms with van der Waals surface area (Å²) in [6, 6.07) is 8.48. The summed E-state index contributed by atoms with van der Waals surface area (Å²) in [7, 11) is 1.56. The van der Waals surface area contributed by atoms with Crippen molar-refractivity contribution in [2.75, 3.05) is 25.5 Å². The van der Waals surface area contributed by atoms with Crippen molar-refractivity contribution in [1.29, 1.82) is 0 Å². The van der Waals surface area contributed by atoms with Gasteiger partial charge in [0.15, 0.2) is 0 Å². The molecular weight excluding hydrogens is 499 g/mol. The van der Waals surface area contributed by atoms with Crippen LogP contribution < -0.4 is 10.1 Å². The molecule has 1 aromatic carbocycles. The topological polar surface area (TPSA) is 91.8 Å². The highest BCUT2D eigenvalue weighted by Crippen LogP contribution is 2.54. The van der Waals surface area contributed by atoms with Crippen LogP contribution in [0, 0.1) is 17.8 Å². The Bertz CT molecular complexity index is 1170. The molecule has 3 aliphatic rings. The summed E-state index contributed by atoms with van der Waals surface area (Å²) in [5.41, 5.74) is -0.837. The van der Waals surface area contributed by atoms with E-state index < -0.39 is 23.2 Å². The monoisotopic (exact) mass is 531 g/mol. The fourth-order valence-corrected chi connectivity index (χ4v) is 6.25. The Morgan fingerprint density at radius 3 is 2.45 bits per heavy atom. The van der Waals surface area contributed by atoms with Crippen molar-refractivity contribution in [1.82, 2.24) is 9.88 Å². The van der Waals surface area contributed by atoms with Gasteiger partial charge < -0.3 is 15.2 Å². The van der Waals surface area contributed by atoms with Gasteiger partial charge in [0, 0.05) is 61.4 Å². The number of aliphatic hydroxyl groups is 1. The molecular formula is C28H32F3N3O4. The largest absolute Gasteiger partial charge is 0.481 e. The summed E-state index contributed by atoms with van der Waals surface area (Å²) in [6.07, 6.45) is 0.292. The number of hydrogen-bond donors (Lipinski definition) is 2. The maximum absolute atomic E-state index is 12.9. The molecule has 1 aliphatic heterocycles. The predicted octanol–water partition coefficient (Wildman–Crippen LogP) is 4.41. The summed E-state index contributed by atoms with van der Waals surface area (Å²) >= 11 is 0. The summed E-state index contributed by atoms with van der Waals surface area (Å²) in [4.78, 5) is 31.6. The predicted molar refractivity (Wildman–Crippen MR) is 133 cm³/mol. The van der Waals surface area contributed by atoms with E-state index in [1.54, 1.807) is 19.4 Å². The number of ether oxygens (including phenoxy) is 1. The maximum Gasteiger partial charge on any atom is 0.416 e. The molecule has 2 aromatic rings. The number of fused-ring (bicyclic) bond motifs is 1. The van der Waals surface area contributed by atoms with Gasteiger partial charge in [0.1, 0.15) is 5.78 Å². The maximum atomic E-state index is 12.9. The lowest BCUT2D eigenvalue weighted by Crippen LogP contribution is -2.43. The van der Waals surface area contributed by atoms with Crippen molar-refractivity contribution in [2.24, 2.45) is 17.8 Å². The van der Waals surface area contributed by atoms with E-state index in [0.29, 0.717) is 36.6 Å². The smallest absolute Gasteiger partial charge is 0.416 e. The first-order valence-corrected chi connectivity index (χ1v) is 13.0. The molecule has 2 heterocycles. The third kappa shape index (κ3) is 5.56. The Kier molecular flexibility index (Phi) is 7.21. The zero-order valence-corrected chi connectivity index (χ0v) is 21.2. The van der Waals surface area contributed by atoms with E-state index in [0.717, 1.165) is 43.6 Å². The third-order valence-electron chi connectivity index (χ3n) is 8.45. The number of hydrogen-bond acceptors (Lipinski definition) is 6. The molecule has 7 nitrogen and oxygen atoms in total. The molecule has 1 saturated heterocycles. The number of benzene rings is 1. The molecule has 3 fully saturated rings. The molecule has 2 saturated carbocycles. The minimum atomic E-state index is -4.48. The zero-order valence-electron chi connectivity index (χ0n) is 21.2. The van der Waals surface area contributed by atoms with Crippen molar-refractivity contribution < 1.29 is 32.6 Å². The van der Waals surface area contributed by atoms with E-state index >= 15 is 0 Å². The first kappa shape index (κ1) is 26.6. The minimum Gasteiger partial charge on any atom is -0.481 e. The van der Waals surface area contributed by atoms with Crippen LogP contribution in [0.4, 0.5) is 18.9 Å². The fraction of sp³-hybridized carbons (Fsp3) is 0.536. The fourth-order valence-electron chi connectivity index (χ4n) is 6.25. The molecule has 5 rings (SSSR count). The number of alkyl halides is 3. The van der Waals surface area contributed by atoms with Gasteiger partial charge in [0.2, 0.25) is 11.8 Å². The van der Waals surface area contributed by atoms with Crippen molar-refractivity contribution >= 4 is 17.4 Å². The Hall–Kier alpha value is -2.98. The summed E-state index contributed by atoms with van der Waals surface area (Å²) < 4.78 is 43.7. The molecule has 0 bridgehead atoms. The van der Waals surface area contributed by atoms with Crippen molar-refractivity contribution in [3.8, 4) is 5.88 Å². The van der Waals surface area contributed by atoms with Crippen LogP contribution in [0.5, 0.6) is 5.88 Å². The number of nitrogens with one attached hydrogen (secondary N) is 1. The van der Waals surface area contributed by atoms with Gasteiger partial charge in [-0.25, -0.2) is 4.98 Å². The van der Waals surface area contributed by atoms with Gasteiger partial charge in [-0.15, -0.1) is 0 Å².